The third kappa shape index (κ3) is 2.07. The van der Waals surface area contributed by atoms with Gasteiger partial charge in [0.2, 0.25) is 5.91 Å². The van der Waals surface area contributed by atoms with Crippen LogP contribution in [0.2, 0.25) is 0 Å². The Morgan fingerprint density at radius 2 is 2.47 bits per heavy atom. The van der Waals surface area contributed by atoms with Crippen LogP contribution in [-0.4, -0.2) is 28.4 Å². The largest absolute Gasteiger partial charge is 0.384 e. The second kappa shape index (κ2) is 3.86. The van der Waals surface area contributed by atoms with Crippen LogP contribution in [0.15, 0.2) is 18.3 Å². The molecule has 1 aliphatic rings. The van der Waals surface area contributed by atoms with E-state index in [-0.39, 0.29) is 11.9 Å². The van der Waals surface area contributed by atoms with Crippen molar-refractivity contribution in [3.63, 3.8) is 0 Å². The van der Waals surface area contributed by atoms with Crippen LogP contribution in [0.4, 0.5) is 5.82 Å². The maximum Gasteiger partial charge on any atom is 0.234 e. The SMILES string of the molecule is NC(=O)C1CCN1Cc1ccnc(N)c1. The van der Waals surface area contributed by atoms with Crippen LogP contribution < -0.4 is 11.5 Å². The molecule has 0 saturated carbocycles. The summed E-state index contributed by atoms with van der Waals surface area (Å²) >= 11 is 0. The second-order valence-corrected chi connectivity index (χ2v) is 3.77. The average molecular weight is 206 g/mol. The molecule has 1 saturated heterocycles. The van der Waals surface area contributed by atoms with Crippen molar-refractivity contribution in [3.05, 3.63) is 23.9 Å². The number of hydrogen-bond donors (Lipinski definition) is 2. The van der Waals surface area contributed by atoms with E-state index in [1.807, 2.05) is 17.0 Å². The fraction of sp³-hybridized carbons (Fsp3) is 0.400. The number of pyridine rings is 1. The van der Waals surface area contributed by atoms with E-state index in [1.165, 1.54) is 0 Å². The van der Waals surface area contributed by atoms with E-state index in [4.69, 9.17) is 11.5 Å². The van der Waals surface area contributed by atoms with Crippen molar-refractivity contribution < 1.29 is 4.79 Å². The molecular weight excluding hydrogens is 192 g/mol. The van der Waals surface area contributed by atoms with Gasteiger partial charge in [0, 0.05) is 19.3 Å². The number of nitrogen functional groups attached to an aromatic ring is 1. The lowest BCUT2D eigenvalue weighted by Crippen LogP contribution is -2.54. The van der Waals surface area contributed by atoms with Crippen LogP contribution >= 0.6 is 0 Å². The van der Waals surface area contributed by atoms with Crippen LogP contribution in [0, 0.1) is 0 Å². The van der Waals surface area contributed by atoms with Gasteiger partial charge in [0.1, 0.15) is 5.82 Å². The number of amides is 1. The zero-order chi connectivity index (χ0) is 10.8. The fourth-order valence-corrected chi connectivity index (χ4v) is 1.78. The summed E-state index contributed by atoms with van der Waals surface area (Å²) in [6, 6.07) is 3.60. The Hall–Kier alpha value is -1.62. The van der Waals surface area contributed by atoms with Gasteiger partial charge in [-0.05, 0) is 24.1 Å². The van der Waals surface area contributed by atoms with Crippen molar-refractivity contribution in [2.24, 2.45) is 5.73 Å². The van der Waals surface area contributed by atoms with Gasteiger partial charge in [-0.2, -0.15) is 0 Å². The van der Waals surface area contributed by atoms with Crippen LogP contribution in [0.25, 0.3) is 0 Å². The van der Waals surface area contributed by atoms with E-state index >= 15 is 0 Å². The van der Waals surface area contributed by atoms with Crippen molar-refractivity contribution in [3.8, 4) is 0 Å². The zero-order valence-electron chi connectivity index (χ0n) is 8.39. The van der Waals surface area contributed by atoms with E-state index in [0.717, 1.165) is 18.5 Å². The molecule has 0 spiro atoms. The summed E-state index contributed by atoms with van der Waals surface area (Å²) in [7, 11) is 0. The normalized spacial score (nSPS) is 20.9. The smallest absolute Gasteiger partial charge is 0.234 e. The Kier molecular flexibility index (Phi) is 2.55. The highest BCUT2D eigenvalue weighted by Gasteiger charge is 2.32. The molecule has 1 unspecified atom stereocenters. The average Bonchev–Trinajstić information content (AvgIpc) is 2.11. The van der Waals surface area contributed by atoms with E-state index in [9.17, 15) is 4.79 Å². The number of nitrogens with zero attached hydrogens (tertiary/aromatic N) is 2. The summed E-state index contributed by atoms with van der Waals surface area (Å²) in [6.45, 7) is 1.62. The zero-order valence-corrected chi connectivity index (χ0v) is 8.39. The monoisotopic (exact) mass is 206 g/mol. The molecule has 80 valence electrons. The molecule has 1 amide bonds. The van der Waals surface area contributed by atoms with Gasteiger partial charge in [0.05, 0.1) is 6.04 Å². The molecule has 0 radical (unpaired) electrons. The highest BCUT2D eigenvalue weighted by atomic mass is 16.1. The fourth-order valence-electron chi connectivity index (χ4n) is 1.78. The summed E-state index contributed by atoms with van der Waals surface area (Å²) in [6.07, 6.45) is 2.53. The number of carbonyl (C=O) groups excluding carboxylic acids is 1. The minimum atomic E-state index is -0.247. The third-order valence-electron chi connectivity index (χ3n) is 2.69. The predicted octanol–water partition coefficient (Wildman–Crippen LogP) is -0.277. The molecule has 0 aromatic carbocycles. The number of carbonyl (C=O) groups is 1. The number of aromatic nitrogens is 1. The molecule has 5 nitrogen and oxygen atoms in total. The van der Waals surface area contributed by atoms with E-state index in [2.05, 4.69) is 4.98 Å². The Balaban J connectivity index is 2.00. The molecular formula is C10H14N4O. The van der Waals surface area contributed by atoms with Crippen molar-refractivity contribution >= 4 is 11.7 Å². The molecule has 2 heterocycles. The van der Waals surface area contributed by atoms with Gasteiger partial charge >= 0.3 is 0 Å². The number of anilines is 1. The molecule has 5 heteroatoms. The van der Waals surface area contributed by atoms with Gasteiger partial charge in [-0.25, -0.2) is 4.98 Å². The van der Waals surface area contributed by atoms with Gasteiger partial charge in [-0.15, -0.1) is 0 Å². The van der Waals surface area contributed by atoms with Crippen LogP contribution in [0.5, 0.6) is 0 Å². The number of primary amides is 1. The molecule has 1 atom stereocenters. The molecule has 1 aliphatic heterocycles. The summed E-state index contributed by atoms with van der Waals surface area (Å²) in [4.78, 5) is 16.9. The van der Waals surface area contributed by atoms with Gasteiger partial charge in [-0.3, -0.25) is 9.69 Å². The first-order chi connectivity index (χ1) is 7.16. The Morgan fingerprint density at radius 3 is 3.00 bits per heavy atom. The highest BCUT2D eigenvalue weighted by molar-refractivity contribution is 5.80. The van der Waals surface area contributed by atoms with Crippen molar-refractivity contribution in [1.29, 1.82) is 0 Å². The lowest BCUT2D eigenvalue weighted by molar-refractivity contribution is -0.127. The van der Waals surface area contributed by atoms with Gasteiger partial charge < -0.3 is 11.5 Å². The molecule has 1 fully saturated rings. The Bertz CT molecular complexity index is 379. The van der Waals surface area contributed by atoms with Crippen molar-refractivity contribution in [2.45, 2.75) is 19.0 Å². The molecule has 2 rings (SSSR count). The summed E-state index contributed by atoms with van der Waals surface area (Å²) in [5, 5.41) is 0. The van der Waals surface area contributed by atoms with E-state index < -0.39 is 0 Å². The maximum atomic E-state index is 11.0. The molecule has 0 aliphatic carbocycles. The minimum absolute atomic E-state index is 0.112. The summed E-state index contributed by atoms with van der Waals surface area (Å²) in [5.74, 6) is 0.256. The molecule has 1 aromatic heterocycles. The quantitative estimate of drug-likeness (QED) is 0.712. The third-order valence-corrected chi connectivity index (χ3v) is 2.69. The van der Waals surface area contributed by atoms with Crippen LogP contribution in [0.3, 0.4) is 0 Å². The first kappa shape index (κ1) is 9.92. The molecule has 1 aromatic rings. The standard InChI is InChI=1S/C10H14N4O/c11-9-5-7(1-3-13-9)6-14-4-2-8(14)10(12)15/h1,3,5,8H,2,4,6H2,(H2,11,13)(H2,12,15). The lowest BCUT2D eigenvalue weighted by Gasteiger charge is -2.38. The Labute approximate surface area is 88.1 Å². The molecule has 15 heavy (non-hydrogen) atoms. The topological polar surface area (TPSA) is 85.2 Å². The highest BCUT2D eigenvalue weighted by Crippen LogP contribution is 2.20. The first-order valence-electron chi connectivity index (χ1n) is 4.90. The number of rotatable bonds is 3. The molecule has 0 bridgehead atoms. The number of hydrogen-bond acceptors (Lipinski definition) is 4. The number of likely N-dealkylation sites (tertiary alicyclic amines) is 1. The van der Waals surface area contributed by atoms with E-state index in [0.29, 0.717) is 12.4 Å². The summed E-state index contributed by atoms with van der Waals surface area (Å²) < 4.78 is 0. The summed E-state index contributed by atoms with van der Waals surface area (Å²) in [5.41, 5.74) is 11.9. The molecule has 4 N–H and O–H groups in total. The van der Waals surface area contributed by atoms with Crippen LogP contribution in [-0.2, 0) is 11.3 Å². The predicted molar refractivity (Wildman–Crippen MR) is 56.7 cm³/mol. The van der Waals surface area contributed by atoms with Crippen LogP contribution in [0.1, 0.15) is 12.0 Å². The van der Waals surface area contributed by atoms with Gasteiger partial charge in [0.15, 0.2) is 0 Å². The second-order valence-electron chi connectivity index (χ2n) is 3.77. The van der Waals surface area contributed by atoms with Crippen molar-refractivity contribution in [1.82, 2.24) is 9.88 Å². The Morgan fingerprint density at radius 1 is 1.67 bits per heavy atom. The first-order valence-corrected chi connectivity index (χ1v) is 4.90. The van der Waals surface area contributed by atoms with Gasteiger partial charge in [-0.1, -0.05) is 0 Å². The van der Waals surface area contributed by atoms with Crippen molar-refractivity contribution in [2.75, 3.05) is 12.3 Å². The number of nitrogens with two attached hydrogens (primary N) is 2. The van der Waals surface area contributed by atoms with E-state index in [1.54, 1.807) is 6.20 Å². The lowest BCUT2D eigenvalue weighted by atomic mass is 10.0. The maximum absolute atomic E-state index is 11.0. The van der Waals surface area contributed by atoms with Gasteiger partial charge in [0.25, 0.3) is 0 Å². The minimum Gasteiger partial charge on any atom is -0.384 e.